The van der Waals surface area contributed by atoms with Gasteiger partial charge in [0.2, 0.25) is 0 Å². The molecule has 0 spiro atoms. The molecule has 0 atom stereocenters. The molecule has 0 fully saturated rings. The number of H-pyrrole nitrogens is 1. The zero-order valence-corrected chi connectivity index (χ0v) is 11.1. The Kier molecular flexibility index (Phi) is 3.99. The number of rotatable bonds is 5. The van der Waals surface area contributed by atoms with Crippen LogP contribution in [-0.2, 0) is 6.54 Å². The van der Waals surface area contributed by atoms with Gasteiger partial charge < -0.3 is 15.0 Å². The molecule has 0 aliphatic rings. The molecule has 1 aromatic carbocycles. The minimum Gasteiger partial charge on any atom is -0.497 e. The van der Waals surface area contributed by atoms with Crippen molar-refractivity contribution in [2.45, 2.75) is 20.4 Å². The lowest BCUT2D eigenvalue weighted by atomic mass is 10.1. The van der Waals surface area contributed by atoms with E-state index in [0.29, 0.717) is 0 Å². The minimum absolute atomic E-state index is 0.765. The fraction of sp³-hybridized carbons (Fsp3) is 0.357. The molecule has 0 bridgehead atoms. The average Bonchev–Trinajstić information content (AvgIpc) is 2.77. The van der Waals surface area contributed by atoms with Gasteiger partial charge in [-0.15, -0.1) is 0 Å². The summed E-state index contributed by atoms with van der Waals surface area (Å²) in [6.45, 7) is 5.82. The Bertz CT molecular complexity index is 520. The number of ether oxygens (including phenoxy) is 1. The van der Waals surface area contributed by atoms with Crippen LogP contribution in [-0.4, -0.2) is 23.6 Å². The van der Waals surface area contributed by atoms with E-state index in [1.807, 2.05) is 31.2 Å². The van der Waals surface area contributed by atoms with E-state index < -0.39 is 0 Å². The van der Waals surface area contributed by atoms with Crippen LogP contribution in [0.25, 0.3) is 11.3 Å². The summed E-state index contributed by atoms with van der Waals surface area (Å²) >= 11 is 0. The fourth-order valence-electron chi connectivity index (χ4n) is 1.90. The molecule has 1 aromatic heterocycles. The molecule has 0 aliphatic carbocycles. The number of aryl methyl sites for hydroxylation is 1. The average molecular weight is 245 g/mol. The highest BCUT2D eigenvalue weighted by Crippen LogP contribution is 2.24. The van der Waals surface area contributed by atoms with Gasteiger partial charge in [0.1, 0.15) is 11.6 Å². The third kappa shape index (κ3) is 2.71. The number of aromatic amines is 1. The Labute approximate surface area is 107 Å². The molecule has 0 aliphatic heterocycles. The van der Waals surface area contributed by atoms with Crippen LogP contribution in [0.1, 0.15) is 18.4 Å². The van der Waals surface area contributed by atoms with Gasteiger partial charge in [0.05, 0.1) is 19.3 Å². The third-order valence-electron chi connectivity index (χ3n) is 2.82. The van der Waals surface area contributed by atoms with E-state index in [4.69, 9.17) is 4.74 Å². The van der Waals surface area contributed by atoms with Crippen LogP contribution in [0.15, 0.2) is 24.3 Å². The van der Waals surface area contributed by atoms with Crippen LogP contribution < -0.4 is 10.1 Å². The number of methoxy groups -OCH3 is 1. The quantitative estimate of drug-likeness (QED) is 0.851. The van der Waals surface area contributed by atoms with Crippen molar-refractivity contribution in [3.8, 4) is 17.0 Å². The molecule has 4 heteroatoms. The van der Waals surface area contributed by atoms with Crippen molar-refractivity contribution in [1.82, 2.24) is 15.3 Å². The lowest BCUT2D eigenvalue weighted by Gasteiger charge is -2.02. The summed E-state index contributed by atoms with van der Waals surface area (Å²) < 4.78 is 5.24. The van der Waals surface area contributed by atoms with Gasteiger partial charge in [-0.3, -0.25) is 0 Å². The Morgan fingerprint density at radius 2 is 2.22 bits per heavy atom. The summed E-state index contributed by atoms with van der Waals surface area (Å²) in [5.74, 6) is 1.82. The second-order valence-electron chi connectivity index (χ2n) is 4.17. The van der Waals surface area contributed by atoms with Crippen LogP contribution in [0.3, 0.4) is 0 Å². The molecule has 0 saturated carbocycles. The molecular weight excluding hydrogens is 226 g/mol. The van der Waals surface area contributed by atoms with Gasteiger partial charge in [0, 0.05) is 11.3 Å². The number of aromatic nitrogens is 2. The Hall–Kier alpha value is -1.81. The predicted molar refractivity (Wildman–Crippen MR) is 72.7 cm³/mol. The van der Waals surface area contributed by atoms with Gasteiger partial charge in [-0.25, -0.2) is 4.98 Å². The molecule has 0 amide bonds. The van der Waals surface area contributed by atoms with E-state index in [9.17, 15) is 0 Å². The van der Waals surface area contributed by atoms with Crippen molar-refractivity contribution in [1.29, 1.82) is 0 Å². The maximum atomic E-state index is 5.24. The molecule has 0 saturated heterocycles. The van der Waals surface area contributed by atoms with Crippen molar-refractivity contribution in [2.24, 2.45) is 0 Å². The predicted octanol–water partition coefficient (Wildman–Crippen LogP) is 2.50. The molecule has 2 N–H and O–H groups in total. The lowest BCUT2D eigenvalue weighted by Crippen LogP contribution is -2.12. The van der Waals surface area contributed by atoms with Crippen molar-refractivity contribution in [2.75, 3.05) is 13.7 Å². The second kappa shape index (κ2) is 5.69. The highest BCUT2D eigenvalue weighted by molar-refractivity contribution is 5.63. The molecule has 2 rings (SSSR count). The summed E-state index contributed by atoms with van der Waals surface area (Å²) in [4.78, 5) is 7.92. The number of nitrogens with one attached hydrogen (secondary N) is 2. The first-order chi connectivity index (χ1) is 8.74. The highest BCUT2D eigenvalue weighted by Gasteiger charge is 2.09. The first-order valence-corrected chi connectivity index (χ1v) is 6.15. The molecule has 1 heterocycles. The van der Waals surface area contributed by atoms with Gasteiger partial charge in [0.25, 0.3) is 0 Å². The van der Waals surface area contributed by atoms with Crippen LogP contribution in [0.5, 0.6) is 5.75 Å². The van der Waals surface area contributed by atoms with Crippen LogP contribution in [0.4, 0.5) is 0 Å². The minimum atomic E-state index is 0.765. The van der Waals surface area contributed by atoms with Gasteiger partial charge in [-0.2, -0.15) is 0 Å². The summed E-state index contributed by atoms with van der Waals surface area (Å²) in [5.41, 5.74) is 3.14. The van der Waals surface area contributed by atoms with Gasteiger partial charge >= 0.3 is 0 Å². The normalized spacial score (nSPS) is 10.6. The smallest absolute Gasteiger partial charge is 0.121 e. The summed E-state index contributed by atoms with van der Waals surface area (Å²) in [6.07, 6.45) is 0. The molecule has 0 radical (unpaired) electrons. The van der Waals surface area contributed by atoms with E-state index in [1.165, 1.54) is 0 Å². The Morgan fingerprint density at radius 1 is 1.39 bits per heavy atom. The lowest BCUT2D eigenvalue weighted by molar-refractivity contribution is 0.415. The highest BCUT2D eigenvalue weighted by atomic mass is 16.5. The van der Waals surface area contributed by atoms with E-state index in [-0.39, 0.29) is 0 Å². The largest absolute Gasteiger partial charge is 0.497 e. The fourth-order valence-corrected chi connectivity index (χ4v) is 1.90. The summed E-state index contributed by atoms with van der Waals surface area (Å²) in [7, 11) is 1.67. The van der Waals surface area contributed by atoms with Crippen molar-refractivity contribution < 1.29 is 4.74 Å². The van der Waals surface area contributed by atoms with E-state index in [0.717, 1.165) is 41.6 Å². The maximum Gasteiger partial charge on any atom is 0.121 e. The number of nitrogens with zero attached hydrogens (tertiary/aromatic N) is 1. The Morgan fingerprint density at radius 3 is 2.94 bits per heavy atom. The van der Waals surface area contributed by atoms with Gasteiger partial charge in [-0.05, 0) is 25.6 Å². The zero-order chi connectivity index (χ0) is 13.0. The maximum absolute atomic E-state index is 5.24. The SMILES string of the molecule is CCNCc1nc(-c2cccc(OC)c2)c(C)[nH]1. The van der Waals surface area contributed by atoms with E-state index in [2.05, 4.69) is 22.2 Å². The molecule has 96 valence electrons. The standard InChI is InChI=1S/C14H19N3O/c1-4-15-9-13-16-10(2)14(17-13)11-6-5-7-12(8-11)18-3/h5-8,15H,4,9H2,1-3H3,(H,16,17). The third-order valence-corrected chi connectivity index (χ3v) is 2.82. The molecule has 18 heavy (non-hydrogen) atoms. The number of hydrogen-bond acceptors (Lipinski definition) is 3. The van der Waals surface area contributed by atoms with Crippen LogP contribution in [0, 0.1) is 6.92 Å². The van der Waals surface area contributed by atoms with Crippen molar-refractivity contribution >= 4 is 0 Å². The number of hydrogen-bond donors (Lipinski definition) is 2. The van der Waals surface area contributed by atoms with Crippen molar-refractivity contribution in [3.05, 3.63) is 35.8 Å². The number of imidazole rings is 1. The van der Waals surface area contributed by atoms with Gasteiger partial charge in [0.15, 0.2) is 0 Å². The first-order valence-electron chi connectivity index (χ1n) is 6.15. The van der Waals surface area contributed by atoms with Crippen LogP contribution in [0.2, 0.25) is 0 Å². The van der Waals surface area contributed by atoms with Gasteiger partial charge in [-0.1, -0.05) is 19.1 Å². The second-order valence-corrected chi connectivity index (χ2v) is 4.17. The number of benzene rings is 1. The first kappa shape index (κ1) is 12.6. The van der Waals surface area contributed by atoms with E-state index >= 15 is 0 Å². The molecule has 4 nitrogen and oxygen atoms in total. The Balaban J connectivity index is 2.29. The topological polar surface area (TPSA) is 49.9 Å². The van der Waals surface area contributed by atoms with Crippen LogP contribution >= 0.6 is 0 Å². The summed E-state index contributed by atoms with van der Waals surface area (Å²) in [6, 6.07) is 7.96. The summed E-state index contributed by atoms with van der Waals surface area (Å²) in [5, 5.41) is 3.26. The zero-order valence-electron chi connectivity index (χ0n) is 11.1. The van der Waals surface area contributed by atoms with E-state index in [1.54, 1.807) is 7.11 Å². The molecule has 0 unspecified atom stereocenters. The molecular formula is C14H19N3O. The monoisotopic (exact) mass is 245 g/mol. The van der Waals surface area contributed by atoms with Crippen molar-refractivity contribution in [3.63, 3.8) is 0 Å². The molecule has 2 aromatic rings.